The zero-order valence-electron chi connectivity index (χ0n) is 14.4. The Labute approximate surface area is 151 Å². The summed E-state index contributed by atoms with van der Waals surface area (Å²) in [5.74, 6) is -1.19. The molecule has 134 valence electrons. The molecule has 1 aliphatic rings. The predicted octanol–water partition coefficient (Wildman–Crippen LogP) is 2.41. The molecule has 3 rings (SSSR count). The maximum Gasteiger partial charge on any atom is 0.258 e. The number of phenolic OH excluding ortho intramolecular Hbond substituents is 2. The zero-order chi connectivity index (χ0) is 18.8. The first-order valence-electron chi connectivity index (χ1n) is 8.24. The van der Waals surface area contributed by atoms with E-state index < -0.39 is 11.9 Å². The molecule has 0 radical (unpaired) electrons. The van der Waals surface area contributed by atoms with Crippen molar-refractivity contribution < 1.29 is 19.8 Å². The van der Waals surface area contributed by atoms with Gasteiger partial charge in [-0.15, -0.1) is 6.58 Å². The molecule has 6 nitrogen and oxygen atoms in total. The van der Waals surface area contributed by atoms with Gasteiger partial charge in [-0.05, 0) is 29.7 Å². The highest BCUT2D eigenvalue weighted by atomic mass is 16.3. The van der Waals surface area contributed by atoms with E-state index in [1.54, 1.807) is 13.0 Å². The summed E-state index contributed by atoms with van der Waals surface area (Å²) in [6.07, 6.45) is 1.57. The van der Waals surface area contributed by atoms with Crippen LogP contribution in [0.15, 0.2) is 49.1 Å². The van der Waals surface area contributed by atoms with E-state index in [0.29, 0.717) is 12.1 Å². The Bertz CT molecular complexity index is 891. The van der Waals surface area contributed by atoms with Crippen molar-refractivity contribution in [2.24, 2.45) is 0 Å². The van der Waals surface area contributed by atoms with Crippen LogP contribution in [-0.2, 0) is 11.3 Å². The molecule has 0 saturated heterocycles. The first-order valence-corrected chi connectivity index (χ1v) is 8.24. The van der Waals surface area contributed by atoms with Crippen LogP contribution in [0.2, 0.25) is 0 Å². The fourth-order valence-electron chi connectivity index (χ4n) is 3.14. The standard InChI is InChI=1S/C20H20N2O4/c1-3-8-21-19(25)18-14-7-5-4-6-13(14)11-22(18)20(26)15-9-12(2)16(23)10-17(15)24/h3-7,9-10,18,23-24H,1,8,11H2,2H3,(H,21,25). The van der Waals surface area contributed by atoms with E-state index in [1.165, 1.54) is 11.0 Å². The minimum atomic E-state index is -0.785. The van der Waals surface area contributed by atoms with Gasteiger partial charge in [0.05, 0.1) is 5.56 Å². The quantitative estimate of drug-likeness (QED) is 0.737. The van der Waals surface area contributed by atoms with Crippen LogP contribution in [0.3, 0.4) is 0 Å². The molecule has 0 bridgehead atoms. The summed E-state index contributed by atoms with van der Waals surface area (Å²) in [6, 6.07) is 9.15. The van der Waals surface area contributed by atoms with E-state index in [-0.39, 0.29) is 29.5 Å². The third-order valence-corrected chi connectivity index (χ3v) is 4.48. The van der Waals surface area contributed by atoms with Gasteiger partial charge in [-0.1, -0.05) is 30.3 Å². The number of hydrogen-bond acceptors (Lipinski definition) is 4. The lowest BCUT2D eigenvalue weighted by Gasteiger charge is -2.25. The predicted molar refractivity (Wildman–Crippen MR) is 96.8 cm³/mol. The van der Waals surface area contributed by atoms with Crippen LogP contribution in [0.25, 0.3) is 0 Å². The molecule has 2 aromatic rings. The van der Waals surface area contributed by atoms with Crippen molar-refractivity contribution in [1.29, 1.82) is 0 Å². The highest BCUT2D eigenvalue weighted by Crippen LogP contribution is 2.37. The first kappa shape index (κ1) is 17.5. The number of aryl methyl sites for hydroxylation is 1. The first-order chi connectivity index (χ1) is 12.4. The van der Waals surface area contributed by atoms with Crippen molar-refractivity contribution in [3.8, 4) is 11.5 Å². The zero-order valence-corrected chi connectivity index (χ0v) is 14.4. The van der Waals surface area contributed by atoms with Gasteiger partial charge in [-0.3, -0.25) is 9.59 Å². The molecule has 1 unspecified atom stereocenters. The molecule has 0 fully saturated rings. The number of amides is 2. The Morgan fingerprint density at radius 3 is 2.73 bits per heavy atom. The summed E-state index contributed by atoms with van der Waals surface area (Å²) in [5, 5.41) is 22.5. The minimum absolute atomic E-state index is 0.0506. The second-order valence-electron chi connectivity index (χ2n) is 6.22. The fourth-order valence-corrected chi connectivity index (χ4v) is 3.14. The molecular weight excluding hydrogens is 332 g/mol. The van der Waals surface area contributed by atoms with E-state index in [0.717, 1.165) is 17.2 Å². The van der Waals surface area contributed by atoms with Crippen LogP contribution in [0.5, 0.6) is 11.5 Å². The largest absolute Gasteiger partial charge is 0.508 e. The second kappa shape index (κ2) is 6.92. The molecule has 1 heterocycles. The lowest BCUT2D eigenvalue weighted by molar-refractivity contribution is -0.125. The summed E-state index contributed by atoms with van der Waals surface area (Å²) in [7, 11) is 0. The molecule has 26 heavy (non-hydrogen) atoms. The monoisotopic (exact) mass is 352 g/mol. The smallest absolute Gasteiger partial charge is 0.258 e. The lowest BCUT2D eigenvalue weighted by atomic mass is 10.0. The van der Waals surface area contributed by atoms with Crippen LogP contribution in [-0.4, -0.2) is 33.5 Å². The number of carbonyl (C=O) groups excluding carboxylic acids is 2. The van der Waals surface area contributed by atoms with Crippen LogP contribution < -0.4 is 5.32 Å². The molecule has 1 atom stereocenters. The topological polar surface area (TPSA) is 89.9 Å². The van der Waals surface area contributed by atoms with Crippen LogP contribution in [0.4, 0.5) is 0 Å². The van der Waals surface area contributed by atoms with Crippen molar-refractivity contribution in [3.05, 3.63) is 71.3 Å². The van der Waals surface area contributed by atoms with Gasteiger partial charge in [0.1, 0.15) is 17.5 Å². The Hall–Kier alpha value is -3.28. The van der Waals surface area contributed by atoms with Crippen LogP contribution in [0.1, 0.15) is 33.1 Å². The summed E-state index contributed by atoms with van der Waals surface area (Å²) in [4.78, 5) is 27.2. The fraction of sp³-hybridized carbons (Fsp3) is 0.200. The normalized spacial score (nSPS) is 15.4. The minimum Gasteiger partial charge on any atom is -0.508 e. The van der Waals surface area contributed by atoms with E-state index in [1.807, 2.05) is 24.3 Å². The van der Waals surface area contributed by atoms with Crippen molar-refractivity contribution in [2.75, 3.05) is 6.54 Å². The maximum atomic E-state index is 13.1. The number of rotatable bonds is 4. The van der Waals surface area contributed by atoms with Gasteiger partial charge in [0.15, 0.2) is 0 Å². The van der Waals surface area contributed by atoms with E-state index in [2.05, 4.69) is 11.9 Å². The molecular formula is C20H20N2O4. The van der Waals surface area contributed by atoms with Gasteiger partial charge in [-0.2, -0.15) is 0 Å². The maximum absolute atomic E-state index is 13.1. The third-order valence-electron chi connectivity index (χ3n) is 4.48. The van der Waals surface area contributed by atoms with E-state index in [9.17, 15) is 19.8 Å². The molecule has 0 saturated carbocycles. The Morgan fingerprint density at radius 2 is 2.00 bits per heavy atom. The number of carbonyl (C=O) groups is 2. The summed E-state index contributed by atoms with van der Waals surface area (Å²) in [6.45, 7) is 5.78. The summed E-state index contributed by atoms with van der Waals surface area (Å²) >= 11 is 0. The molecule has 0 aliphatic carbocycles. The molecule has 6 heteroatoms. The van der Waals surface area contributed by atoms with Crippen molar-refractivity contribution in [2.45, 2.75) is 19.5 Å². The van der Waals surface area contributed by atoms with Crippen molar-refractivity contribution in [3.63, 3.8) is 0 Å². The number of benzene rings is 2. The second-order valence-corrected chi connectivity index (χ2v) is 6.22. The van der Waals surface area contributed by atoms with Gasteiger partial charge in [0.2, 0.25) is 5.91 Å². The number of nitrogens with zero attached hydrogens (tertiary/aromatic N) is 1. The van der Waals surface area contributed by atoms with Gasteiger partial charge in [0, 0.05) is 19.2 Å². The Morgan fingerprint density at radius 1 is 1.27 bits per heavy atom. The third kappa shape index (κ3) is 3.01. The molecule has 2 aromatic carbocycles. The highest BCUT2D eigenvalue weighted by molar-refractivity contribution is 6.01. The number of aromatic hydroxyl groups is 2. The van der Waals surface area contributed by atoms with Crippen LogP contribution in [0, 0.1) is 6.92 Å². The average Bonchev–Trinajstić information content (AvgIpc) is 3.01. The summed E-state index contributed by atoms with van der Waals surface area (Å²) in [5.41, 5.74) is 2.16. The van der Waals surface area contributed by atoms with Gasteiger partial charge < -0.3 is 20.4 Å². The van der Waals surface area contributed by atoms with Crippen LogP contribution >= 0.6 is 0 Å². The molecule has 2 amide bonds. The molecule has 1 aliphatic heterocycles. The molecule has 3 N–H and O–H groups in total. The number of hydrogen-bond donors (Lipinski definition) is 3. The van der Waals surface area contributed by atoms with Crippen molar-refractivity contribution >= 4 is 11.8 Å². The number of phenols is 2. The molecule has 0 aromatic heterocycles. The van der Waals surface area contributed by atoms with Gasteiger partial charge in [-0.25, -0.2) is 0 Å². The van der Waals surface area contributed by atoms with E-state index >= 15 is 0 Å². The Kier molecular flexibility index (Phi) is 4.67. The number of fused-ring (bicyclic) bond motifs is 1. The average molecular weight is 352 g/mol. The Balaban J connectivity index is 2.00. The summed E-state index contributed by atoms with van der Waals surface area (Å²) < 4.78 is 0. The molecule has 0 spiro atoms. The van der Waals surface area contributed by atoms with E-state index in [4.69, 9.17) is 0 Å². The number of nitrogens with one attached hydrogen (secondary N) is 1. The SMILES string of the molecule is C=CCNC(=O)C1c2ccccc2CN1C(=O)c1cc(C)c(O)cc1O. The lowest BCUT2D eigenvalue weighted by Crippen LogP contribution is -2.40. The van der Waals surface area contributed by atoms with Crippen molar-refractivity contribution in [1.82, 2.24) is 10.2 Å². The van der Waals surface area contributed by atoms with Gasteiger partial charge >= 0.3 is 0 Å². The van der Waals surface area contributed by atoms with Gasteiger partial charge in [0.25, 0.3) is 5.91 Å². The highest BCUT2D eigenvalue weighted by Gasteiger charge is 2.39.